The number of rotatable bonds is 9. The summed E-state index contributed by atoms with van der Waals surface area (Å²) >= 11 is 20.5. The molecular weight excluding hydrogens is 1090 g/mol. The highest BCUT2D eigenvalue weighted by molar-refractivity contribution is 7.99. The van der Waals surface area contributed by atoms with Crippen molar-refractivity contribution in [3.8, 4) is 0 Å². The van der Waals surface area contributed by atoms with E-state index in [0.717, 1.165) is 75.4 Å². The van der Waals surface area contributed by atoms with Crippen molar-refractivity contribution in [3.63, 3.8) is 0 Å². The van der Waals surface area contributed by atoms with Crippen LogP contribution in [0, 0.1) is 10.8 Å². The maximum absolute atomic E-state index is 13.1. The molecule has 0 amide bonds. The molecule has 0 saturated carbocycles. The molecule has 75 heavy (non-hydrogen) atoms. The Bertz CT molecular complexity index is 3060. The smallest absolute Gasteiger partial charge is 0.158 e. The maximum Gasteiger partial charge on any atom is 0.158 e. The van der Waals surface area contributed by atoms with E-state index >= 15 is 0 Å². The first-order valence-corrected chi connectivity index (χ1v) is 29.7. The number of nitrogens with two attached hydrogens (primary N) is 4. The van der Waals surface area contributed by atoms with Crippen molar-refractivity contribution in [2.24, 2.45) is 10.8 Å². The highest BCUT2D eigenvalue weighted by Crippen LogP contribution is 2.54. The fourth-order valence-corrected chi connectivity index (χ4v) is 13.9. The van der Waals surface area contributed by atoms with Gasteiger partial charge in [0.25, 0.3) is 0 Å². The van der Waals surface area contributed by atoms with Crippen molar-refractivity contribution in [1.29, 1.82) is 0 Å². The molecule has 2 unspecified atom stereocenters. The van der Waals surface area contributed by atoms with Crippen LogP contribution in [0.15, 0.2) is 105 Å². The summed E-state index contributed by atoms with van der Waals surface area (Å²) in [6.07, 6.45) is 12.6. The lowest BCUT2D eigenvalue weighted by Crippen LogP contribution is -2.48. The fourth-order valence-electron chi connectivity index (χ4n) is 9.87. The number of nitrogen functional groups attached to an aromatic ring is 4. The summed E-state index contributed by atoms with van der Waals surface area (Å²) in [6, 6.07) is 21.0. The van der Waals surface area contributed by atoms with Crippen molar-refractivity contribution in [1.82, 2.24) is 44.7 Å². The van der Waals surface area contributed by atoms with Crippen LogP contribution in [0.1, 0.15) is 102 Å². The molecule has 2 aliphatic heterocycles. The van der Waals surface area contributed by atoms with E-state index in [4.69, 9.17) is 57.7 Å². The number of halogens is 3. The minimum atomic E-state index is -1.16. The van der Waals surface area contributed by atoms with Gasteiger partial charge in [-0.25, -0.2) is 47.8 Å². The number of nitrogens with zero attached hydrogens (tertiary/aromatic N) is 7. The molecule has 2 fully saturated rings. The second-order valence-electron chi connectivity index (χ2n) is 21.1. The van der Waals surface area contributed by atoms with Crippen molar-refractivity contribution < 1.29 is 8.42 Å². The molecule has 16 nitrogen and oxygen atoms in total. The van der Waals surface area contributed by atoms with E-state index in [2.05, 4.69) is 98.1 Å². The van der Waals surface area contributed by atoms with Gasteiger partial charge in [0.05, 0.1) is 66.0 Å². The van der Waals surface area contributed by atoms with Crippen LogP contribution in [0.4, 0.5) is 29.1 Å². The van der Waals surface area contributed by atoms with Gasteiger partial charge in [0, 0.05) is 35.3 Å². The van der Waals surface area contributed by atoms with Gasteiger partial charge in [-0.3, -0.25) is 0 Å². The summed E-state index contributed by atoms with van der Waals surface area (Å²) in [5, 5.41) is 5.55. The second kappa shape index (κ2) is 23.7. The topological polar surface area (TPSA) is 255 Å². The molecule has 10 rings (SSSR count). The fraction of sp³-hybridized carbons (Fsp3) is 0.423. The zero-order chi connectivity index (χ0) is 53.9. The van der Waals surface area contributed by atoms with Gasteiger partial charge in [0.15, 0.2) is 11.6 Å². The minimum absolute atomic E-state index is 0.00782. The number of benzene rings is 2. The summed E-state index contributed by atoms with van der Waals surface area (Å²) in [4.78, 5) is 28.7. The van der Waals surface area contributed by atoms with Gasteiger partial charge >= 0.3 is 0 Å². The Morgan fingerprint density at radius 1 is 0.613 bits per heavy atom. The normalized spacial score (nSPS) is 19.3. The number of aromatic nitrogens is 6. The molecule has 2 saturated heterocycles. The summed E-state index contributed by atoms with van der Waals surface area (Å²) < 4.78 is 32.2. The summed E-state index contributed by atoms with van der Waals surface area (Å²) in [6.45, 7) is 15.9. The van der Waals surface area contributed by atoms with Crippen LogP contribution in [-0.4, -0.2) is 74.0 Å². The Hall–Kier alpha value is -4.35. The van der Waals surface area contributed by atoms with Gasteiger partial charge in [-0.05, 0) is 138 Å². The average Bonchev–Trinajstić information content (AvgIpc) is 3.83. The highest BCUT2D eigenvalue weighted by atomic mass is 35.5. The van der Waals surface area contributed by atoms with Crippen LogP contribution < -0.4 is 42.6 Å². The average molecular weight is 1150 g/mol. The summed E-state index contributed by atoms with van der Waals surface area (Å²) in [5.74, 6) is 1.88. The third-order valence-corrected chi connectivity index (χ3v) is 20.4. The number of fused-ring (bicyclic) bond motifs is 2. The van der Waals surface area contributed by atoms with E-state index in [-0.39, 0.29) is 55.0 Å². The van der Waals surface area contributed by atoms with E-state index in [9.17, 15) is 8.42 Å². The van der Waals surface area contributed by atoms with E-state index in [1.54, 1.807) is 30.7 Å². The van der Waals surface area contributed by atoms with Crippen molar-refractivity contribution in [2.45, 2.75) is 121 Å². The number of hydrogen-bond acceptors (Lipinski definition) is 16. The second-order valence-corrected chi connectivity index (χ2v) is 28.3. The summed E-state index contributed by atoms with van der Waals surface area (Å²) in [7, 11) is -2.19. The predicted octanol–water partition coefficient (Wildman–Crippen LogP) is 9.98. The Morgan fingerprint density at radius 3 is 1.51 bits per heavy atom. The monoisotopic (exact) mass is 1150 g/mol. The molecule has 6 heterocycles. The molecule has 4 aromatic heterocycles. The maximum atomic E-state index is 13.1. The van der Waals surface area contributed by atoms with Crippen molar-refractivity contribution >= 4 is 109 Å². The Morgan fingerprint density at radius 2 is 1.05 bits per heavy atom. The van der Waals surface area contributed by atoms with Gasteiger partial charge in [0.1, 0.15) is 32.7 Å². The highest BCUT2D eigenvalue weighted by Gasteiger charge is 2.50. The lowest BCUT2D eigenvalue weighted by molar-refractivity contribution is 0.165. The van der Waals surface area contributed by atoms with Crippen molar-refractivity contribution in [2.75, 3.05) is 54.0 Å². The zero-order valence-corrected chi connectivity index (χ0v) is 48.4. The molecular formula is C52H65Cl3N14O2S4. The van der Waals surface area contributed by atoms with Crippen LogP contribution in [0.2, 0.25) is 15.2 Å². The lowest BCUT2D eigenvalue weighted by Gasteiger charge is -2.44. The molecule has 0 radical (unpaired) electrons. The molecule has 4 aliphatic rings. The molecule has 400 valence electrons. The van der Waals surface area contributed by atoms with E-state index < -0.39 is 22.0 Å². The largest absolute Gasteiger partial charge is 0.382 e. The van der Waals surface area contributed by atoms with Crippen LogP contribution >= 0.6 is 58.3 Å². The quantitative estimate of drug-likeness (QED) is 0.0711. The number of piperidine rings is 2. The standard InChI is InChI=1S/C26H32ClN7OS2.C17H26N2OS.C9H7Cl2N5S/c1-25(2,3)37(35)33-21-17-7-5-4-6-16(17)14-26(21)9-12-34(13-10-26)19-15-31-24(23(29)32-19)36-18-8-11-30-22(28)20(18)27;1-16(2,3)21(20)19-15-14-7-5-4-6-13(14)12-17(15)8-10-18-11-9-17;10-5-3-15-9(8(13)16-5)17-4-1-2-14-7(12)6(4)11/h4-8,11,15,21,33H,9-10,12-14H2,1-3H3,(H2,28,30)(H2,29,32);4-7,15,18-19H,8-12H2,1-3H3;1-3H,(H2,12,14)(H2,13,16)/t21-,37?;15-,21?;/m11./s1. The van der Waals surface area contributed by atoms with Crippen LogP contribution in [0.25, 0.3) is 0 Å². The number of nitrogens with one attached hydrogen (secondary N) is 3. The van der Waals surface area contributed by atoms with E-state index in [0.29, 0.717) is 30.8 Å². The molecule has 11 N–H and O–H groups in total. The SMILES string of the molecule is CC(C)(C)S(=O)N[C@@H]1c2ccccc2CC12CCN(c1cnc(Sc3ccnc(N)c3Cl)c(N)n1)CC2.CC(C)(C)S(=O)N[C@@H]1c2ccccc2CC12CCNCC2.Nc1nc(Cl)cnc1Sc1ccnc(N)c1Cl. The zero-order valence-electron chi connectivity index (χ0n) is 42.8. The number of anilines is 5. The third kappa shape index (κ3) is 13.2. The van der Waals surface area contributed by atoms with Crippen molar-refractivity contribution in [3.05, 3.63) is 123 Å². The Labute approximate surface area is 468 Å². The third-order valence-electron chi connectivity index (χ3n) is 13.9. The molecule has 23 heteroatoms. The first-order valence-electron chi connectivity index (χ1n) is 24.6. The molecule has 4 atom stereocenters. The molecule has 2 spiro atoms. The lowest BCUT2D eigenvalue weighted by atomic mass is 9.73. The number of hydrogen-bond donors (Lipinski definition) is 7. The first kappa shape index (κ1) is 56.8. The minimum Gasteiger partial charge on any atom is -0.382 e. The summed E-state index contributed by atoms with van der Waals surface area (Å²) in [5.41, 5.74) is 29.0. The van der Waals surface area contributed by atoms with Crippen LogP contribution in [0.5, 0.6) is 0 Å². The molecule has 2 aromatic carbocycles. The van der Waals surface area contributed by atoms with Gasteiger partial charge in [0.2, 0.25) is 0 Å². The first-order chi connectivity index (χ1) is 35.6. The molecule has 2 aliphatic carbocycles. The molecule has 0 bridgehead atoms. The van der Waals surface area contributed by atoms with E-state index in [1.165, 1.54) is 52.0 Å². The Balaban J connectivity index is 0.000000165. The van der Waals surface area contributed by atoms with Gasteiger partial charge in [-0.2, -0.15) is 0 Å². The van der Waals surface area contributed by atoms with Crippen LogP contribution in [0.3, 0.4) is 0 Å². The van der Waals surface area contributed by atoms with Gasteiger partial charge in [-0.15, -0.1) is 0 Å². The van der Waals surface area contributed by atoms with E-state index in [1.807, 2.05) is 41.5 Å². The Kier molecular flexibility index (Phi) is 18.0. The van der Waals surface area contributed by atoms with Crippen LogP contribution in [-0.2, 0) is 34.8 Å². The van der Waals surface area contributed by atoms with Gasteiger partial charge < -0.3 is 33.2 Å². The molecule has 6 aromatic rings. The predicted molar refractivity (Wildman–Crippen MR) is 310 cm³/mol. The number of pyridine rings is 2. The van der Waals surface area contributed by atoms with Gasteiger partial charge in [-0.1, -0.05) is 107 Å².